The van der Waals surface area contributed by atoms with Gasteiger partial charge in [0, 0.05) is 137 Å². The number of hydrazine groups is 1. The third-order valence-electron chi connectivity index (χ3n) is 20.0. The van der Waals surface area contributed by atoms with Crippen LogP contribution in [-0.2, 0) is 44.6 Å². The van der Waals surface area contributed by atoms with Gasteiger partial charge >= 0.3 is 11.8 Å². The summed E-state index contributed by atoms with van der Waals surface area (Å²) in [5, 5.41) is 111. The summed E-state index contributed by atoms with van der Waals surface area (Å²) in [6.45, 7) is 15.1. The number of likely N-dealkylation sites (N-methyl/N-ethyl adjacent to an activating group) is 2. The fourth-order valence-electron chi connectivity index (χ4n) is 14.2. The molecular weight excluding hydrogens is 1320 g/mol. The van der Waals surface area contributed by atoms with E-state index in [1.807, 2.05) is 31.5 Å². The van der Waals surface area contributed by atoms with Gasteiger partial charge in [-0.3, -0.25) is 53.9 Å². The Bertz CT molecular complexity index is 4160. The molecule has 13 atom stereocenters. The number of Topliss-reactive ketones (excluding diaryl/α,β-unsaturated/α-hetero) is 3. The zero-order valence-electron chi connectivity index (χ0n) is 59.4. The van der Waals surface area contributed by atoms with Crippen LogP contribution in [0.25, 0.3) is 16.5 Å². The third-order valence-corrected chi connectivity index (χ3v) is 20.0. The normalized spacial score (nSPS) is 28.8. The first-order valence-electron chi connectivity index (χ1n) is 33.0. The van der Waals surface area contributed by atoms with Crippen LogP contribution in [0.5, 0.6) is 28.7 Å². The molecule has 0 radical (unpaired) electrons. The number of piperazine rings is 1. The molecule has 30 heteroatoms. The quantitative estimate of drug-likeness (QED) is 0.0173. The number of aromatic nitrogens is 1. The molecule has 3 aliphatic carbocycles. The molecule has 7 aliphatic rings. The number of fused-ring (bicyclic) bond motifs is 17. The predicted molar refractivity (Wildman–Crippen MR) is 375 cm³/mol. The number of phenolic OH excluding ortho intramolecular Hbond substituents is 4. The van der Waals surface area contributed by atoms with E-state index in [2.05, 4.69) is 20.3 Å². The number of amides is 3. The van der Waals surface area contributed by atoms with Gasteiger partial charge in [-0.2, -0.15) is 5.10 Å². The summed E-state index contributed by atoms with van der Waals surface area (Å²) in [6, 6.07) is 5.18. The Kier molecular flexibility index (Phi) is 23.7. The smallest absolute Gasteiger partial charge is 0.312 e. The number of esters is 1. The van der Waals surface area contributed by atoms with E-state index in [0.29, 0.717) is 24.2 Å². The monoisotopic (exact) mass is 1420 g/mol. The van der Waals surface area contributed by atoms with Crippen molar-refractivity contribution in [2.75, 3.05) is 78.7 Å². The maximum Gasteiger partial charge on any atom is 0.312 e. The molecule has 30 nitrogen and oxygen atoms in total. The minimum atomic E-state index is -2.63. The van der Waals surface area contributed by atoms with Crippen LogP contribution in [-0.4, -0.2) is 223 Å². The molecule has 2 fully saturated rings. The van der Waals surface area contributed by atoms with Crippen molar-refractivity contribution in [1.82, 2.24) is 25.2 Å². The van der Waals surface area contributed by atoms with Gasteiger partial charge in [0.15, 0.2) is 17.1 Å². The number of carbonyl (C=O) groups excluding carboxylic acids is 7. The number of ketones is 3. The van der Waals surface area contributed by atoms with Crippen LogP contribution < -0.4 is 32.0 Å². The molecule has 1 saturated carbocycles. The minimum Gasteiger partial charge on any atom is -0.508 e. The number of rotatable bonds is 8. The lowest BCUT2D eigenvalue weighted by Crippen LogP contribution is -2.65. The molecule has 5 heterocycles. The fourth-order valence-corrected chi connectivity index (χ4v) is 14.2. The highest BCUT2D eigenvalue weighted by Gasteiger charge is 2.64. The number of hydrogen-bond acceptors (Lipinski definition) is 27. The number of phenols is 4. The first-order valence-corrected chi connectivity index (χ1v) is 33.0. The Balaban J connectivity index is 0.000000254. The van der Waals surface area contributed by atoms with Crippen LogP contribution >= 0.6 is 0 Å². The van der Waals surface area contributed by atoms with E-state index < -0.39 is 147 Å². The van der Waals surface area contributed by atoms with Crippen LogP contribution in [0.1, 0.15) is 97.9 Å². The number of aromatic hydroxyl groups is 4. The summed E-state index contributed by atoms with van der Waals surface area (Å²) >= 11 is 0. The van der Waals surface area contributed by atoms with Crippen LogP contribution in [0.15, 0.2) is 94.8 Å². The summed E-state index contributed by atoms with van der Waals surface area (Å²) in [5.74, 6) is -10.3. The number of methoxy groups -OCH3 is 1. The second kappa shape index (κ2) is 31.1. The molecular formula is C72H92N10O20. The van der Waals surface area contributed by atoms with Crippen molar-refractivity contribution in [3.63, 3.8) is 0 Å². The number of benzene rings is 3. The number of nitrogens with one attached hydrogen (secondary N) is 2. The molecule has 1 aromatic heterocycles. The Morgan fingerprint density at radius 3 is 2.09 bits per heavy atom. The molecule has 15 N–H and O–H groups in total. The zero-order valence-corrected chi connectivity index (χ0v) is 59.4. The highest BCUT2D eigenvalue weighted by Crippen LogP contribution is 2.57. The van der Waals surface area contributed by atoms with E-state index in [0.717, 1.165) is 18.8 Å². The van der Waals surface area contributed by atoms with Gasteiger partial charge < -0.3 is 85.8 Å². The lowest BCUT2D eigenvalue weighted by Gasteiger charge is -2.50. The third kappa shape index (κ3) is 14.7. The van der Waals surface area contributed by atoms with Gasteiger partial charge in [0.1, 0.15) is 46.2 Å². The average Bonchev–Trinajstić information content (AvgIpc) is 0.840. The first kappa shape index (κ1) is 77.8. The van der Waals surface area contributed by atoms with Crippen LogP contribution in [0, 0.1) is 42.4 Å². The topological polar surface area (TPSA) is 453 Å². The summed E-state index contributed by atoms with van der Waals surface area (Å²) in [5.41, 5.74) is 5.32. The second-order valence-corrected chi connectivity index (χ2v) is 27.1. The standard InChI is InChI=1S/C43H58N4O12.C23H27N3O7.C6H7N3O/c1-21-12-11-13-22(2)42(55)45-33-28(20-44-47-17-15-46(9)16-18-47)37(52)30-31(38(33)53)36(51)26(6)40-32(30)41(54)43(8,59-40)57-19-14-29(56-10)23(3)39(58-27(7)48)25(5)35(50)24(4)34(21)49;1-25(2)12-5-6-13(27)15-10(12)7-9-8-11-17(26(3)4)19(29)16(22(24)32)21(31)23(11,33)20(30)14(9)18(15)28;7-9-6(10)5-1-3-8-4-2-5/h11-14,19-21,23-25,29,34-35,39,49-53H,15-18H2,1-10H3,(H,45,55);5-6,9,11,17,27-28,31,33H,7-8H2,1-4H3,(H2,24,32);1-4H,7H2,(H,9,10)/b12-11+,19-14+,22-13-,44-20-;;/t21-,23+,24+,25+,29-,34-,35+,39+,43-;9-,11-,17-,23-;/m00./s1. The summed E-state index contributed by atoms with van der Waals surface area (Å²) in [4.78, 5) is 99.1. The van der Waals surface area contributed by atoms with Crippen LogP contribution in [0.3, 0.4) is 0 Å². The number of allylic oxidation sites excluding steroid dienone is 2. The predicted octanol–water partition coefficient (Wildman–Crippen LogP) is 4.05. The molecule has 0 unspecified atom stereocenters. The fraction of sp³-hybridized carbons (Fsp3) is 0.458. The number of ether oxygens (including phenoxy) is 4. The van der Waals surface area contributed by atoms with Crippen molar-refractivity contribution >= 4 is 75.2 Å². The largest absolute Gasteiger partial charge is 0.508 e. The number of anilines is 2. The molecule has 1 saturated heterocycles. The van der Waals surface area contributed by atoms with Gasteiger partial charge in [0.25, 0.3) is 23.5 Å². The van der Waals surface area contributed by atoms with Crippen LogP contribution in [0.4, 0.5) is 11.4 Å². The van der Waals surface area contributed by atoms with E-state index in [-0.39, 0.29) is 80.1 Å². The lowest BCUT2D eigenvalue weighted by molar-refractivity contribution is -0.160. The number of nitrogens with zero attached hydrogens (tertiary/aromatic N) is 6. The number of pyridine rings is 1. The molecule has 5 bridgehead atoms. The van der Waals surface area contributed by atoms with Gasteiger partial charge in [-0.15, -0.1) is 0 Å². The van der Waals surface area contributed by atoms with E-state index >= 15 is 0 Å². The van der Waals surface area contributed by atoms with Crippen molar-refractivity contribution in [3.8, 4) is 28.7 Å². The molecule has 550 valence electrons. The lowest BCUT2D eigenvalue weighted by atomic mass is 9.57. The average molecular weight is 1420 g/mol. The summed E-state index contributed by atoms with van der Waals surface area (Å²) < 4.78 is 23.6. The van der Waals surface area contributed by atoms with Gasteiger partial charge in [-0.1, -0.05) is 45.9 Å². The Labute approximate surface area is 589 Å². The van der Waals surface area contributed by atoms with E-state index in [1.165, 1.54) is 82.8 Å². The SMILES string of the molecule is CN(C)c1ccc(O)c2c1C[C@H]1C[C@H]3[C@H](N(C)C)C(=O)C(C(N)=O)=C(O)[C@@]3(O)C(=O)C1=C2O.CO[C@H]1/C=C/O[C@@]2(C)Oc3c(C)c(O)c4c(O)c(c(/C=N\N5CCN(C)CC5)c(O)c4c3C2=O)NC(=O)/C(C)=C\C=C\[C@H](C)[C@H](O)[C@@H](C)[C@@H](O)[C@@H](C)[C@H](OC(C)=O)[C@@H]1C.NNC(=O)c1ccncc1. The second-order valence-electron chi connectivity index (χ2n) is 27.1. The zero-order chi connectivity index (χ0) is 75.6. The van der Waals surface area contributed by atoms with Gasteiger partial charge in [0.05, 0.1) is 64.6 Å². The molecule has 4 aliphatic heterocycles. The molecule has 3 aromatic carbocycles. The van der Waals surface area contributed by atoms with Gasteiger partial charge in [0.2, 0.25) is 5.78 Å². The maximum absolute atomic E-state index is 14.4. The van der Waals surface area contributed by atoms with Gasteiger partial charge in [-0.25, -0.2) is 5.84 Å². The van der Waals surface area contributed by atoms with Crippen molar-refractivity contribution in [1.29, 1.82) is 0 Å². The summed E-state index contributed by atoms with van der Waals surface area (Å²) in [6.07, 6.45) is 8.25. The van der Waals surface area contributed by atoms with E-state index in [9.17, 15) is 79.5 Å². The molecule has 4 aromatic rings. The maximum atomic E-state index is 14.4. The van der Waals surface area contributed by atoms with Crippen molar-refractivity contribution in [3.05, 3.63) is 123 Å². The number of nitrogen functional groups attached to an aromatic ring is 1. The molecule has 102 heavy (non-hydrogen) atoms. The number of carbonyl (C=O) groups is 7. The highest BCUT2D eigenvalue weighted by atomic mass is 16.7. The minimum absolute atomic E-state index is 0.0559. The van der Waals surface area contributed by atoms with Crippen molar-refractivity contribution in [2.24, 2.45) is 52.2 Å². The molecule has 3 amide bonds. The Morgan fingerprint density at radius 2 is 1.50 bits per heavy atom. The van der Waals surface area contributed by atoms with Crippen molar-refractivity contribution in [2.45, 2.75) is 110 Å². The number of primary amides is 1. The van der Waals surface area contributed by atoms with Gasteiger partial charge in [-0.05, 0) is 89.7 Å². The number of aliphatic hydroxyl groups excluding tert-OH is 4. The summed E-state index contributed by atoms with van der Waals surface area (Å²) in [7, 11) is 10.2. The highest BCUT2D eigenvalue weighted by molar-refractivity contribution is 6.25. The number of nitrogens with two attached hydrogens (primary N) is 2. The van der Waals surface area contributed by atoms with E-state index in [1.54, 1.807) is 77.2 Å². The Hall–Kier alpha value is -9.95. The molecule has 11 rings (SSSR count). The molecule has 0 spiro atoms. The first-order chi connectivity index (χ1) is 47.9. The van der Waals surface area contributed by atoms with Crippen molar-refractivity contribution < 1.29 is 98.5 Å². The number of hydrogen-bond donors (Lipinski definition) is 13. The Morgan fingerprint density at radius 1 is 0.853 bits per heavy atom. The number of hydrazone groups is 1. The van der Waals surface area contributed by atoms with Crippen LogP contribution in [0.2, 0.25) is 0 Å². The van der Waals surface area contributed by atoms with E-state index in [4.69, 9.17) is 30.5 Å². The number of aliphatic hydroxyl groups is 5.